The maximum atomic E-state index is 11.6. The number of nitro benzene ring substituents is 2. The molecule has 1 fully saturated rings. The Kier molecular flexibility index (Phi) is 6.29. The highest BCUT2D eigenvalue weighted by molar-refractivity contribution is 8.00. The van der Waals surface area contributed by atoms with Gasteiger partial charge < -0.3 is 10.1 Å². The quantitative estimate of drug-likeness (QED) is 0.227. The maximum absolute atomic E-state index is 11.6. The number of anilines is 1. The monoisotopic (exact) mass is 511 g/mol. The lowest BCUT2D eigenvalue weighted by Gasteiger charge is -2.38. The van der Waals surface area contributed by atoms with Crippen LogP contribution in [0.4, 0.5) is 17.1 Å². The van der Waals surface area contributed by atoms with E-state index in [9.17, 15) is 20.2 Å². The average molecular weight is 512 g/mol. The lowest BCUT2D eigenvalue weighted by atomic mass is 9.77. The van der Waals surface area contributed by atoms with Crippen LogP contribution in [0.5, 0.6) is 5.75 Å². The van der Waals surface area contributed by atoms with Crippen molar-refractivity contribution in [1.29, 1.82) is 0 Å². The van der Waals surface area contributed by atoms with E-state index >= 15 is 0 Å². The molecule has 0 amide bonds. The van der Waals surface area contributed by atoms with E-state index in [1.807, 2.05) is 18.2 Å². The molecule has 2 aliphatic rings. The van der Waals surface area contributed by atoms with Crippen molar-refractivity contribution >= 4 is 40.4 Å². The fourth-order valence-electron chi connectivity index (χ4n) is 5.29. The van der Waals surface area contributed by atoms with Gasteiger partial charge in [-0.2, -0.15) is 0 Å². The van der Waals surface area contributed by atoms with Gasteiger partial charge >= 0.3 is 0 Å². The van der Waals surface area contributed by atoms with Crippen LogP contribution in [0.15, 0.2) is 71.6 Å². The summed E-state index contributed by atoms with van der Waals surface area (Å²) < 4.78 is 5.62. The van der Waals surface area contributed by atoms with Crippen LogP contribution >= 0.6 is 23.4 Å². The number of thioether (sulfide) groups is 1. The summed E-state index contributed by atoms with van der Waals surface area (Å²) in [6.45, 7) is 0. The van der Waals surface area contributed by atoms with Crippen LogP contribution in [0.2, 0.25) is 0 Å². The third-order valence-corrected chi connectivity index (χ3v) is 8.95. The minimum absolute atomic E-state index is 0.0246. The number of hydrogen-bond acceptors (Lipinski definition) is 7. The number of nitro groups is 2. The van der Waals surface area contributed by atoms with Gasteiger partial charge in [0.05, 0.1) is 39.0 Å². The van der Waals surface area contributed by atoms with Crippen LogP contribution < -0.4 is 10.1 Å². The number of halogens is 1. The van der Waals surface area contributed by atoms with E-state index in [1.165, 1.54) is 30.0 Å². The number of rotatable bonds is 6. The van der Waals surface area contributed by atoms with Crippen LogP contribution in [-0.4, -0.2) is 27.6 Å². The number of fused-ring (bicyclic) bond motifs is 3. The Balaban J connectivity index is 1.54. The van der Waals surface area contributed by atoms with Crippen molar-refractivity contribution in [1.82, 2.24) is 0 Å². The van der Waals surface area contributed by atoms with E-state index in [2.05, 4.69) is 5.32 Å². The zero-order valence-corrected chi connectivity index (χ0v) is 20.2. The van der Waals surface area contributed by atoms with E-state index in [1.54, 1.807) is 37.4 Å². The highest BCUT2D eigenvalue weighted by Gasteiger charge is 2.51. The highest BCUT2D eigenvalue weighted by atomic mass is 35.5. The zero-order chi connectivity index (χ0) is 24.7. The van der Waals surface area contributed by atoms with Crippen LogP contribution in [-0.2, 0) is 0 Å². The summed E-state index contributed by atoms with van der Waals surface area (Å²) in [5.74, 6) is 0.758. The van der Waals surface area contributed by atoms with Gasteiger partial charge in [0.2, 0.25) is 0 Å². The smallest absolute Gasteiger partial charge is 0.282 e. The van der Waals surface area contributed by atoms with Crippen LogP contribution in [0, 0.1) is 26.1 Å². The number of nitrogens with zero attached hydrogens (tertiary/aromatic N) is 2. The molecule has 0 aromatic heterocycles. The van der Waals surface area contributed by atoms with Crippen molar-refractivity contribution in [3.05, 3.63) is 98.1 Å². The number of methoxy groups -OCH3 is 1. The summed E-state index contributed by atoms with van der Waals surface area (Å²) in [6.07, 6.45) is 0.723. The molecular weight excluding hydrogens is 490 g/mol. The Morgan fingerprint density at radius 2 is 1.74 bits per heavy atom. The third kappa shape index (κ3) is 4.19. The molecule has 5 atom stereocenters. The molecule has 1 N–H and O–H groups in total. The standard InChI is InChI=1S/C25H22ClN3O5S/c1-34-19-7-4-5-16-22-17(24(27-25(16)19)14-9-11-15(12-10-14)28(30)31)13-21(23(22)26)35-20-8-3-2-6-18(20)29(32)33/h2-12,17,21-24,27H,13H2,1H3/t17-,21-,22-,23-,24-/m1/s1. The van der Waals surface area contributed by atoms with Gasteiger partial charge in [0, 0.05) is 29.4 Å². The fraction of sp³-hybridized carbons (Fsp3) is 0.280. The molecule has 3 aromatic carbocycles. The predicted molar refractivity (Wildman–Crippen MR) is 136 cm³/mol. The molecule has 0 radical (unpaired) electrons. The molecule has 35 heavy (non-hydrogen) atoms. The Labute approximate surface area is 210 Å². The number of ether oxygens (including phenoxy) is 1. The molecule has 5 rings (SSSR count). The van der Waals surface area contributed by atoms with Crippen LogP contribution in [0.3, 0.4) is 0 Å². The zero-order valence-electron chi connectivity index (χ0n) is 18.7. The van der Waals surface area contributed by atoms with Crippen molar-refractivity contribution in [3.63, 3.8) is 0 Å². The fourth-order valence-corrected chi connectivity index (χ4v) is 7.23. The molecule has 3 aromatic rings. The molecule has 180 valence electrons. The molecule has 10 heteroatoms. The summed E-state index contributed by atoms with van der Waals surface area (Å²) in [5.41, 5.74) is 2.94. The topological polar surface area (TPSA) is 108 Å². The molecule has 1 saturated carbocycles. The van der Waals surface area contributed by atoms with Crippen molar-refractivity contribution in [3.8, 4) is 5.75 Å². The van der Waals surface area contributed by atoms with E-state index < -0.39 is 4.92 Å². The molecule has 0 spiro atoms. The van der Waals surface area contributed by atoms with E-state index in [0.717, 1.165) is 23.2 Å². The SMILES string of the molecule is COc1cccc2c1N[C@H](c1ccc([N+](=O)[O-])cc1)[C@@H]1C[C@@H](Sc3ccccc3[N+](=O)[O-])[C@@H](Cl)[C@H]21. The minimum atomic E-state index is -0.414. The first kappa shape index (κ1) is 23.4. The van der Waals surface area contributed by atoms with Gasteiger partial charge in [-0.1, -0.05) is 36.4 Å². The maximum Gasteiger partial charge on any atom is 0.282 e. The Hall–Kier alpha value is -3.30. The molecule has 1 aliphatic carbocycles. The van der Waals surface area contributed by atoms with Gasteiger partial charge in [-0.3, -0.25) is 20.2 Å². The first-order valence-electron chi connectivity index (χ1n) is 11.1. The second-order valence-corrected chi connectivity index (χ2v) is 10.4. The summed E-state index contributed by atoms with van der Waals surface area (Å²) in [6, 6.07) is 19.0. The van der Waals surface area contributed by atoms with Gasteiger partial charge in [0.15, 0.2) is 0 Å². The van der Waals surface area contributed by atoms with E-state index in [0.29, 0.717) is 10.6 Å². The number of alkyl halides is 1. The van der Waals surface area contributed by atoms with E-state index in [-0.39, 0.29) is 44.8 Å². The summed E-state index contributed by atoms with van der Waals surface area (Å²) in [4.78, 5) is 22.5. The van der Waals surface area contributed by atoms with Gasteiger partial charge in [-0.25, -0.2) is 0 Å². The van der Waals surface area contributed by atoms with Gasteiger partial charge in [-0.15, -0.1) is 23.4 Å². The highest BCUT2D eigenvalue weighted by Crippen LogP contribution is 2.59. The predicted octanol–water partition coefficient (Wildman–Crippen LogP) is 6.55. The number of nitrogens with one attached hydrogen (secondary N) is 1. The normalized spacial score (nSPS) is 24.7. The second-order valence-electron chi connectivity index (χ2n) is 8.65. The number of para-hydroxylation sites is 2. The van der Waals surface area contributed by atoms with Crippen molar-refractivity contribution in [2.24, 2.45) is 5.92 Å². The second kappa shape index (κ2) is 9.39. The molecular formula is C25H22ClN3O5S. The van der Waals surface area contributed by atoms with Gasteiger partial charge in [0.1, 0.15) is 5.75 Å². The molecule has 0 unspecified atom stereocenters. The summed E-state index contributed by atoms with van der Waals surface area (Å²) in [7, 11) is 1.62. The van der Waals surface area contributed by atoms with Crippen LogP contribution in [0.1, 0.15) is 29.5 Å². The summed E-state index contributed by atoms with van der Waals surface area (Å²) in [5, 5.41) is 26.0. The number of hydrogen-bond donors (Lipinski definition) is 1. The third-order valence-electron chi connectivity index (χ3n) is 6.83. The van der Waals surface area contributed by atoms with Crippen molar-refractivity contribution in [2.45, 2.75) is 33.9 Å². The Bertz CT molecular complexity index is 1290. The summed E-state index contributed by atoms with van der Waals surface area (Å²) >= 11 is 8.57. The molecule has 1 aliphatic heterocycles. The van der Waals surface area contributed by atoms with Gasteiger partial charge in [0.25, 0.3) is 11.4 Å². The lowest BCUT2D eigenvalue weighted by Crippen LogP contribution is -2.31. The van der Waals surface area contributed by atoms with Crippen molar-refractivity contribution < 1.29 is 14.6 Å². The largest absolute Gasteiger partial charge is 0.495 e. The van der Waals surface area contributed by atoms with Crippen molar-refractivity contribution in [2.75, 3.05) is 12.4 Å². The average Bonchev–Trinajstić information content (AvgIpc) is 3.19. The Morgan fingerprint density at radius 1 is 1.00 bits per heavy atom. The molecule has 1 heterocycles. The van der Waals surface area contributed by atoms with E-state index in [4.69, 9.17) is 16.3 Å². The Morgan fingerprint density at radius 3 is 2.43 bits per heavy atom. The molecule has 0 saturated heterocycles. The van der Waals surface area contributed by atoms with Gasteiger partial charge in [-0.05, 0) is 35.6 Å². The van der Waals surface area contributed by atoms with Crippen LogP contribution in [0.25, 0.3) is 0 Å². The number of benzene rings is 3. The molecule has 8 nitrogen and oxygen atoms in total. The lowest BCUT2D eigenvalue weighted by molar-refractivity contribution is -0.387. The molecule has 0 bridgehead atoms. The first-order chi connectivity index (χ1) is 16.9. The number of non-ortho nitro benzene ring substituents is 1. The minimum Gasteiger partial charge on any atom is -0.495 e. The first-order valence-corrected chi connectivity index (χ1v) is 12.4.